The van der Waals surface area contributed by atoms with Gasteiger partial charge in [0.2, 0.25) is 5.91 Å². The Kier molecular flexibility index (Phi) is 4.30. The van der Waals surface area contributed by atoms with E-state index in [1.807, 2.05) is 0 Å². The van der Waals surface area contributed by atoms with Gasteiger partial charge in [0.1, 0.15) is 6.54 Å². The Balaban J connectivity index is 1.60. The van der Waals surface area contributed by atoms with Gasteiger partial charge in [-0.25, -0.2) is 0 Å². The van der Waals surface area contributed by atoms with E-state index in [0.717, 1.165) is 16.9 Å². The molecular formula is C16H14N2O5S. The maximum atomic E-state index is 12.1. The number of carbonyl (C=O) groups is 3. The lowest BCUT2D eigenvalue weighted by molar-refractivity contribution is -0.143. The first-order valence-corrected chi connectivity index (χ1v) is 8.08. The van der Waals surface area contributed by atoms with Crippen molar-refractivity contribution >= 4 is 34.7 Å². The molecule has 0 unspecified atom stereocenters. The van der Waals surface area contributed by atoms with E-state index in [9.17, 15) is 19.2 Å². The van der Waals surface area contributed by atoms with Gasteiger partial charge in [-0.3, -0.25) is 23.7 Å². The van der Waals surface area contributed by atoms with Crippen LogP contribution in [-0.4, -0.2) is 28.8 Å². The molecule has 0 radical (unpaired) electrons. The Morgan fingerprint density at radius 2 is 2.12 bits per heavy atom. The van der Waals surface area contributed by atoms with Crippen molar-refractivity contribution in [1.82, 2.24) is 4.57 Å². The number of hydrogen-bond acceptors (Lipinski definition) is 6. The first kappa shape index (κ1) is 16.1. The highest BCUT2D eigenvalue weighted by molar-refractivity contribution is 7.07. The van der Waals surface area contributed by atoms with E-state index in [2.05, 4.69) is 5.32 Å². The van der Waals surface area contributed by atoms with Crippen LogP contribution < -0.4 is 10.2 Å². The highest BCUT2D eigenvalue weighted by atomic mass is 32.1. The largest absolute Gasteiger partial charge is 0.456 e. The minimum Gasteiger partial charge on any atom is -0.456 e. The van der Waals surface area contributed by atoms with Crippen molar-refractivity contribution in [2.24, 2.45) is 0 Å². The van der Waals surface area contributed by atoms with Gasteiger partial charge in [-0.15, -0.1) is 0 Å². The summed E-state index contributed by atoms with van der Waals surface area (Å²) in [6, 6.07) is 4.86. The molecule has 8 heteroatoms. The highest BCUT2D eigenvalue weighted by Gasteiger charge is 2.19. The molecule has 1 amide bonds. The Labute approximate surface area is 140 Å². The molecule has 2 heterocycles. The molecule has 0 fully saturated rings. The van der Waals surface area contributed by atoms with Crippen molar-refractivity contribution in [3.05, 3.63) is 50.1 Å². The van der Waals surface area contributed by atoms with E-state index in [0.29, 0.717) is 16.9 Å². The minimum absolute atomic E-state index is 0.113. The average Bonchev–Trinajstić information content (AvgIpc) is 3.07. The summed E-state index contributed by atoms with van der Waals surface area (Å²) in [7, 11) is 0. The number of anilines is 1. The van der Waals surface area contributed by atoms with Gasteiger partial charge in [-0.2, -0.15) is 0 Å². The van der Waals surface area contributed by atoms with Gasteiger partial charge in [0, 0.05) is 22.3 Å². The van der Waals surface area contributed by atoms with Gasteiger partial charge >= 0.3 is 10.8 Å². The molecule has 24 heavy (non-hydrogen) atoms. The molecule has 1 aliphatic rings. The first-order valence-electron chi connectivity index (χ1n) is 7.20. The third kappa shape index (κ3) is 3.28. The predicted molar refractivity (Wildman–Crippen MR) is 87.4 cm³/mol. The first-order chi connectivity index (χ1) is 11.4. The number of nitrogens with one attached hydrogen (secondary N) is 1. The highest BCUT2D eigenvalue weighted by Crippen LogP contribution is 2.24. The number of esters is 1. The van der Waals surface area contributed by atoms with Gasteiger partial charge in [0.15, 0.2) is 12.4 Å². The number of nitrogens with zero attached hydrogens (tertiary/aromatic N) is 1. The quantitative estimate of drug-likeness (QED) is 0.647. The lowest BCUT2D eigenvalue weighted by Crippen LogP contribution is -2.24. The Hall–Kier alpha value is -2.74. The molecule has 0 aliphatic carbocycles. The van der Waals surface area contributed by atoms with E-state index in [-0.39, 0.29) is 29.5 Å². The number of fused-ring (bicyclic) bond motifs is 1. The lowest BCUT2D eigenvalue weighted by atomic mass is 10.1. The van der Waals surface area contributed by atoms with Gasteiger partial charge in [-0.1, -0.05) is 11.3 Å². The van der Waals surface area contributed by atoms with Gasteiger partial charge in [-0.05, 0) is 30.7 Å². The number of ether oxygens (including phenoxy) is 1. The van der Waals surface area contributed by atoms with Gasteiger partial charge < -0.3 is 10.1 Å². The van der Waals surface area contributed by atoms with E-state index < -0.39 is 12.6 Å². The molecular weight excluding hydrogens is 332 g/mol. The number of ketones is 1. The molecule has 3 rings (SSSR count). The molecule has 1 aliphatic heterocycles. The number of thiazole rings is 1. The SMILES string of the molecule is Cc1csc(=O)n1CC(=O)OCC(=O)c1ccc2c(c1)CC(=O)N2. The molecule has 0 atom stereocenters. The topological polar surface area (TPSA) is 94.5 Å². The maximum absolute atomic E-state index is 12.1. The summed E-state index contributed by atoms with van der Waals surface area (Å²) < 4.78 is 6.25. The van der Waals surface area contributed by atoms with E-state index in [4.69, 9.17) is 4.74 Å². The van der Waals surface area contributed by atoms with Crippen LogP contribution in [0.2, 0.25) is 0 Å². The van der Waals surface area contributed by atoms with Crippen molar-refractivity contribution in [1.29, 1.82) is 0 Å². The van der Waals surface area contributed by atoms with Crippen LogP contribution in [-0.2, 0) is 27.3 Å². The fourth-order valence-electron chi connectivity index (χ4n) is 2.40. The summed E-state index contributed by atoms with van der Waals surface area (Å²) in [6.07, 6.45) is 0.233. The minimum atomic E-state index is -0.648. The second-order valence-corrected chi connectivity index (χ2v) is 6.23. The van der Waals surface area contributed by atoms with Crippen LogP contribution in [0.1, 0.15) is 21.6 Å². The average molecular weight is 346 g/mol. The number of aromatic nitrogens is 1. The van der Waals surface area contributed by atoms with Crippen LogP contribution in [0.15, 0.2) is 28.4 Å². The van der Waals surface area contributed by atoms with Crippen molar-refractivity contribution in [3.8, 4) is 0 Å². The molecule has 0 bridgehead atoms. The van der Waals surface area contributed by atoms with E-state index in [1.54, 1.807) is 30.5 Å². The van der Waals surface area contributed by atoms with E-state index in [1.165, 1.54) is 4.57 Å². The second kappa shape index (κ2) is 6.40. The number of aryl methyl sites for hydroxylation is 1. The zero-order valence-electron chi connectivity index (χ0n) is 12.8. The second-order valence-electron chi connectivity index (χ2n) is 5.41. The van der Waals surface area contributed by atoms with Gasteiger partial charge in [0.25, 0.3) is 0 Å². The molecule has 1 aromatic carbocycles. The number of rotatable bonds is 5. The Bertz CT molecular complexity index is 896. The number of amides is 1. The molecule has 124 valence electrons. The number of hydrogen-bond donors (Lipinski definition) is 1. The maximum Gasteiger partial charge on any atom is 0.326 e. The van der Waals surface area contributed by atoms with Crippen LogP contribution in [0.4, 0.5) is 5.69 Å². The standard InChI is InChI=1S/C16H14N2O5S/c1-9-8-24-16(22)18(9)6-15(21)23-7-13(19)10-2-3-12-11(4-10)5-14(20)17-12/h2-4,8H,5-7H2,1H3,(H,17,20). The van der Waals surface area contributed by atoms with Crippen molar-refractivity contribution in [2.75, 3.05) is 11.9 Å². The third-order valence-corrected chi connectivity index (χ3v) is 4.56. The number of benzene rings is 1. The normalized spacial score (nSPS) is 12.6. The molecule has 0 saturated carbocycles. The molecule has 0 saturated heterocycles. The third-order valence-electron chi connectivity index (χ3n) is 3.68. The van der Waals surface area contributed by atoms with Gasteiger partial charge in [0.05, 0.1) is 6.42 Å². The van der Waals surface area contributed by atoms with E-state index >= 15 is 0 Å². The van der Waals surface area contributed by atoms with Crippen LogP contribution in [0.3, 0.4) is 0 Å². The summed E-state index contributed by atoms with van der Waals surface area (Å²) in [6.45, 7) is 1.09. The Morgan fingerprint density at radius 1 is 1.33 bits per heavy atom. The summed E-state index contributed by atoms with van der Waals surface area (Å²) >= 11 is 1.01. The molecule has 7 nitrogen and oxygen atoms in total. The van der Waals surface area contributed by atoms with Crippen LogP contribution >= 0.6 is 11.3 Å². The summed E-state index contributed by atoms with van der Waals surface area (Å²) in [5, 5.41) is 4.34. The Morgan fingerprint density at radius 3 is 2.83 bits per heavy atom. The van der Waals surface area contributed by atoms with Crippen LogP contribution in [0.5, 0.6) is 0 Å². The fourth-order valence-corrected chi connectivity index (χ4v) is 3.14. The van der Waals surface area contributed by atoms with Crippen molar-refractivity contribution in [2.45, 2.75) is 19.9 Å². The zero-order valence-corrected chi connectivity index (χ0v) is 13.6. The zero-order chi connectivity index (χ0) is 17.3. The van der Waals surface area contributed by atoms with Crippen molar-refractivity contribution in [3.63, 3.8) is 0 Å². The summed E-state index contributed by atoms with van der Waals surface area (Å²) in [4.78, 5) is 46.5. The number of carbonyl (C=O) groups excluding carboxylic acids is 3. The predicted octanol–water partition coefficient (Wildman–Crippen LogP) is 1.14. The molecule has 1 N–H and O–H groups in total. The van der Waals surface area contributed by atoms with Crippen molar-refractivity contribution < 1.29 is 19.1 Å². The monoisotopic (exact) mass is 346 g/mol. The van der Waals surface area contributed by atoms with Crippen LogP contribution in [0, 0.1) is 6.92 Å². The van der Waals surface area contributed by atoms with Crippen LogP contribution in [0.25, 0.3) is 0 Å². The molecule has 2 aromatic rings. The smallest absolute Gasteiger partial charge is 0.326 e. The fraction of sp³-hybridized carbons (Fsp3) is 0.250. The summed E-state index contributed by atoms with van der Waals surface area (Å²) in [5.74, 6) is -1.12. The lowest BCUT2D eigenvalue weighted by Gasteiger charge is -2.07. The summed E-state index contributed by atoms with van der Waals surface area (Å²) in [5.41, 5.74) is 2.49. The molecule has 1 aromatic heterocycles. The molecule has 0 spiro atoms. The number of Topliss-reactive ketones (excluding diaryl/α,β-unsaturated/α-hetero) is 1.